The minimum absolute atomic E-state index is 0.0877. The third kappa shape index (κ3) is 3.33. The molecule has 6 nitrogen and oxygen atoms in total. The summed E-state index contributed by atoms with van der Waals surface area (Å²) in [5.41, 5.74) is 0.410. The number of aryl methyl sites for hydroxylation is 1. The Labute approximate surface area is 133 Å². The fourth-order valence-electron chi connectivity index (χ4n) is 2.73. The van der Waals surface area contributed by atoms with Gasteiger partial charge in [0.2, 0.25) is 0 Å². The number of amides is 1. The predicted molar refractivity (Wildman–Crippen MR) is 82.6 cm³/mol. The fourth-order valence-corrected chi connectivity index (χ4v) is 2.73. The Balaban J connectivity index is 1.58. The van der Waals surface area contributed by atoms with Crippen LogP contribution in [0.2, 0.25) is 0 Å². The molecule has 0 unspecified atom stereocenters. The van der Waals surface area contributed by atoms with Crippen LogP contribution in [-0.4, -0.2) is 39.9 Å². The summed E-state index contributed by atoms with van der Waals surface area (Å²) in [6.45, 7) is 3.06. The highest BCUT2D eigenvalue weighted by Crippen LogP contribution is 2.20. The molecule has 0 atom stereocenters. The normalized spacial score (nSPS) is 15.7. The van der Waals surface area contributed by atoms with Crippen molar-refractivity contribution in [3.63, 3.8) is 0 Å². The number of likely N-dealkylation sites (tertiary alicyclic amines) is 1. The lowest BCUT2D eigenvalue weighted by molar-refractivity contribution is 0.0686. The van der Waals surface area contributed by atoms with Crippen molar-refractivity contribution < 1.29 is 13.6 Å². The van der Waals surface area contributed by atoms with E-state index >= 15 is 0 Å². The Morgan fingerprint density at radius 3 is 2.87 bits per heavy atom. The van der Waals surface area contributed by atoms with Gasteiger partial charge >= 0.3 is 0 Å². The lowest BCUT2D eigenvalue weighted by atomic mass is 10.0. The summed E-state index contributed by atoms with van der Waals surface area (Å²) in [5, 5.41) is 3.13. The Morgan fingerprint density at radius 1 is 1.43 bits per heavy atom. The smallest absolute Gasteiger partial charge is 0.289 e. The van der Waals surface area contributed by atoms with E-state index in [1.165, 1.54) is 12.6 Å². The molecule has 3 heterocycles. The number of hydrogen-bond donors (Lipinski definition) is 1. The van der Waals surface area contributed by atoms with E-state index in [1.54, 1.807) is 17.0 Å². The molecule has 0 radical (unpaired) electrons. The summed E-state index contributed by atoms with van der Waals surface area (Å²) in [4.78, 5) is 21.9. The van der Waals surface area contributed by atoms with Crippen LogP contribution >= 0.6 is 0 Å². The molecule has 23 heavy (non-hydrogen) atoms. The molecule has 0 bridgehead atoms. The number of piperidine rings is 1. The summed E-state index contributed by atoms with van der Waals surface area (Å²) in [6.07, 6.45) is 4.86. The van der Waals surface area contributed by atoms with Crippen LogP contribution in [0.5, 0.6) is 0 Å². The van der Waals surface area contributed by atoms with Crippen molar-refractivity contribution >= 4 is 11.7 Å². The second-order valence-corrected chi connectivity index (χ2v) is 5.52. The van der Waals surface area contributed by atoms with Crippen molar-refractivity contribution in [3.05, 3.63) is 42.0 Å². The van der Waals surface area contributed by atoms with Gasteiger partial charge in [0.1, 0.15) is 6.33 Å². The molecule has 122 valence electrons. The number of hydrogen-bond acceptors (Lipinski definition) is 5. The number of carbonyl (C=O) groups excluding carboxylic acids is 1. The van der Waals surface area contributed by atoms with E-state index < -0.39 is 0 Å². The molecule has 3 rings (SSSR count). The molecule has 1 N–H and O–H groups in total. The maximum atomic E-state index is 14.2. The van der Waals surface area contributed by atoms with Crippen molar-refractivity contribution in [2.75, 3.05) is 18.4 Å². The molecule has 1 aliphatic heterocycles. The van der Waals surface area contributed by atoms with E-state index in [0.717, 1.165) is 12.8 Å². The van der Waals surface area contributed by atoms with E-state index in [9.17, 15) is 9.18 Å². The number of nitrogens with one attached hydrogen (secondary N) is 1. The standard InChI is InChI=1S/C16H19FN4O2/c1-2-12-14(17)15(19-10-18-12)20-11-5-7-21(8-6-11)16(22)13-4-3-9-23-13/h3-4,9-11H,2,5-8H2,1H3,(H,18,19,20). The molecule has 7 heteroatoms. The highest BCUT2D eigenvalue weighted by Gasteiger charge is 2.25. The SMILES string of the molecule is CCc1ncnc(NC2CCN(C(=O)c3ccco3)CC2)c1F. The van der Waals surface area contributed by atoms with Crippen LogP contribution in [0.3, 0.4) is 0 Å². The fraction of sp³-hybridized carbons (Fsp3) is 0.438. The second-order valence-electron chi connectivity index (χ2n) is 5.52. The van der Waals surface area contributed by atoms with Crippen LogP contribution in [0.25, 0.3) is 0 Å². The number of anilines is 1. The summed E-state index contributed by atoms with van der Waals surface area (Å²) < 4.78 is 19.3. The zero-order chi connectivity index (χ0) is 16.2. The van der Waals surface area contributed by atoms with Gasteiger partial charge in [0.15, 0.2) is 17.4 Å². The van der Waals surface area contributed by atoms with Gasteiger partial charge in [0.05, 0.1) is 12.0 Å². The molecular formula is C16H19FN4O2. The van der Waals surface area contributed by atoms with Gasteiger partial charge in [-0.25, -0.2) is 14.4 Å². The molecule has 1 fully saturated rings. The number of carbonyl (C=O) groups is 1. The largest absolute Gasteiger partial charge is 0.459 e. The molecule has 2 aromatic heterocycles. The highest BCUT2D eigenvalue weighted by atomic mass is 19.1. The Bertz CT molecular complexity index is 667. The average Bonchev–Trinajstić information content (AvgIpc) is 3.11. The van der Waals surface area contributed by atoms with Crippen LogP contribution in [-0.2, 0) is 6.42 Å². The zero-order valence-electron chi connectivity index (χ0n) is 13.0. The molecule has 0 spiro atoms. The van der Waals surface area contributed by atoms with Crippen molar-refractivity contribution in [3.8, 4) is 0 Å². The summed E-state index contributed by atoms with van der Waals surface area (Å²) >= 11 is 0. The maximum Gasteiger partial charge on any atom is 0.289 e. The van der Waals surface area contributed by atoms with E-state index in [4.69, 9.17) is 4.42 Å². The van der Waals surface area contributed by atoms with Gasteiger partial charge in [0, 0.05) is 19.1 Å². The number of furan rings is 1. The molecule has 0 saturated carbocycles. The molecule has 0 aliphatic carbocycles. The van der Waals surface area contributed by atoms with Gasteiger partial charge in [-0.2, -0.15) is 0 Å². The topological polar surface area (TPSA) is 71.3 Å². The first-order valence-corrected chi connectivity index (χ1v) is 7.77. The third-order valence-corrected chi connectivity index (χ3v) is 4.05. The first-order valence-electron chi connectivity index (χ1n) is 7.77. The van der Waals surface area contributed by atoms with Crippen LogP contribution in [0.1, 0.15) is 36.0 Å². The van der Waals surface area contributed by atoms with Crippen LogP contribution in [0.15, 0.2) is 29.1 Å². The zero-order valence-corrected chi connectivity index (χ0v) is 13.0. The minimum atomic E-state index is -0.385. The van der Waals surface area contributed by atoms with Crippen molar-refractivity contribution in [2.24, 2.45) is 0 Å². The number of nitrogens with zero attached hydrogens (tertiary/aromatic N) is 3. The van der Waals surface area contributed by atoms with Gasteiger partial charge < -0.3 is 14.6 Å². The van der Waals surface area contributed by atoms with Gasteiger partial charge in [0.25, 0.3) is 5.91 Å². The van der Waals surface area contributed by atoms with Crippen LogP contribution in [0, 0.1) is 5.82 Å². The first kappa shape index (κ1) is 15.5. The van der Waals surface area contributed by atoms with Gasteiger partial charge in [-0.05, 0) is 31.4 Å². The average molecular weight is 318 g/mol. The first-order chi connectivity index (χ1) is 11.2. The molecule has 0 aromatic carbocycles. The second kappa shape index (κ2) is 6.76. The molecule has 1 aliphatic rings. The molecule has 1 saturated heterocycles. The minimum Gasteiger partial charge on any atom is -0.459 e. The number of rotatable bonds is 4. The van der Waals surface area contributed by atoms with E-state index in [2.05, 4.69) is 15.3 Å². The van der Waals surface area contributed by atoms with Crippen LogP contribution in [0.4, 0.5) is 10.2 Å². The Morgan fingerprint density at radius 2 is 2.22 bits per heavy atom. The van der Waals surface area contributed by atoms with Gasteiger partial charge in [-0.15, -0.1) is 0 Å². The Hall–Kier alpha value is -2.44. The summed E-state index contributed by atoms with van der Waals surface area (Å²) in [7, 11) is 0. The van der Waals surface area contributed by atoms with Crippen LogP contribution < -0.4 is 5.32 Å². The van der Waals surface area contributed by atoms with E-state index in [1.807, 2.05) is 6.92 Å². The van der Waals surface area contributed by atoms with Crippen molar-refractivity contribution in [2.45, 2.75) is 32.2 Å². The molecule has 1 amide bonds. The third-order valence-electron chi connectivity index (χ3n) is 4.05. The highest BCUT2D eigenvalue weighted by molar-refractivity contribution is 5.91. The number of aromatic nitrogens is 2. The lowest BCUT2D eigenvalue weighted by Crippen LogP contribution is -2.42. The van der Waals surface area contributed by atoms with Crippen molar-refractivity contribution in [1.29, 1.82) is 0 Å². The maximum absolute atomic E-state index is 14.2. The molecule has 2 aromatic rings. The monoisotopic (exact) mass is 318 g/mol. The lowest BCUT2D eigenvalue weighted by Gasteiger charge is -2.32. The quantitative estimate of drug-likeness (QED) is 0.938. The summed E-state index contributed by atoms with van der Waals surface area (Å²) in [5.74, 6) is 0.109. The summed E-state index contributed by atoms with van der Waals surface area (Å²) in [6, 6.07) is 3.45. The van der Waals surface area contributed by atoms with E-state index in [0.29, 0.717) is 31.0 Å². The van der Waals surface area contributed by atoms with Gasteiger partial charge in [-0.1, -0.05) is 6.92 Å². The van der Waals surface area contributed by atoms with Crippen molar-refractivity contribution in [1.82, 2.24) is 14.9 Å². The van der Waals surface area contributed by atoms with E-state index in [-0.39, 0.29) is 23.6 Å². The number of halogens is 1. The predicted octanol–water partition coefficient (Wildman–Crippen LogP) is 2.49. The van der Waals surface area contributed by atoms with Gasteiger partial charge in [-0.3, -0.25) is 4.79 Å². The Kier molecular flexibility index (Phi) is 4.55. The molecular weight excluding hydrogens is 299 g/mol.